The van der Waals surface area contributed by atoms with E-state index < -0.39 is 11.8 Å². The van der Waals surface area contributed by atoms with Crippen molar-refractivity contribution in [2.75, 3.05) is 5.73 Å². The highest BCUT2D eigenvalue weighted by Gasteiger charge is 2.15. The number of aromatic nitrogens is 1. The summed E-state index contributed by atoms with van der Waals surface area (Å²) >= 11 is 0. The fraction of sp³-hybridized carbons (Fsp3) is 0.0909. The Hall–Kier alpha value is -2.37. The average molecular weight is 236 g/mol. The summed E-state index contributed by atoms with van der Waals surface area (Å²) in [4.78, 5) is 10.9. The molecule has 0 amide bonds. The highest BCUT2D eigenvalue weighted by molar-refractivity contribution is 5.91. The molecule has 0 saturated carbocycles. The highest BCUT2D eigenvalue weighted by Crippen LogP contribution is 2.25. The maximum atomic E-state index is 13.5. The van der Waals surface area contributed by atoms with Crippen LogP contribution in [0.1, 0.15) is 15.9 Å². The summed E-state index contributed by atoms with van der Waals surface area (Å²) in [5, 5.41) is 12.5. The second-order valence-electron chi connectivity index (χ2n) is 3.55. The van der Waals surface area contributed by atoms with E-state index in [0.717, 1.165) is 0 Å². The zero-order valence-corrected chi connectivity index (χ0v) is 8.90. The Labute approximate surface area is 95.6 Å². The molecule has 1 heterocycles. The third kappa shape index (κ3) is 1.96. The molecular formula is C11H9FN2O3. The van der Waals surface area contributed by atoms with Gasteiger partial charge in [-0.05, 0) is 24.6 Å². The van der Waals surface area contributed by atoms with Crippen molar-refractivity contribution in [3.63, 3.8) is 0 Å². The van der Waals surface area contributed by atoms with Crippen LogP contribution in [-0.2, 0) is 0 Å². The van der Waals surface area contributed by atoms with Crippen molar-refractivity contribution < 1.29 is 18.8 Å². The molecule has 2 rings (SSSR count). The van der Waals surface area contributed by atoms with Crippen LogP contribution >= 0.6 is 0 Å². The van der Waals surface area contributed by atoms with Crippen LogP contribution in [0.15, 0.2) is 22.7 Å². The number of nitrogens with zero attached hydrogens (tertiary/aromatic N) is 1. The molecule has 2 aromatic rings. The van der Waals surface area contributed by atoms with Crippen LogP contribution in [-0.4, -0.2) is 16.2 Å². The molecule has 88 valence electrons. The first-order valence-corrected chi connectivity index (χ1v) is 4.75. The van der Waals surface area contributed by atoms with Crippen LogP contribution < -0.4 is 5.73 Å². The largest absolute Gasteiger partial charge is 0.478 e. The lowest BCUT2D eigenvalue weighted by atomic mass is 10.0. The number of halogens is 1. The molecule has 0 unspecified atom stereocenters. The summed E-state index contributed by atoms with van der Waals surface area (Å²) in [5.41, 5.74) is 5.92. The van der Waals surface area contributed by atoms with Gasteiger partial charge in [0, 0.05) is 11.6 Å². The third-order valence-electron chi connectivity index (χ3n) is 2.40. The van der Waals surface area contributed by atoms with E-state index in [4.69, 9.17) is 10.8 Å². The lowest BCUT2D eigenvalue weighted by Crippen LogP contribution is -2.02. The molecule has 0 bridgehead atoms. The van der Waals surface area contributed by atoms with Crippen LogP contribution in [0.5, 0.6) is 0 Å². The van der Waals surface area contributed by atoms with Gasteiger partial charge in [-0.2, -0.15) is 0 Å². The zero-order valence-electron chi connectivity index (χ0n) is 8.90. The van der Waals surface area contributed by atoms with Gasteiger partial charge in [-0.25, -0.2) is 9.18 Å². The number of aromatic carboxylic acids is 1. The van der Waals surface area contributed by atoms with Crippen molar-refractivity contribution >= 4 is 11.9 Å². The predicted molar refractivity (Wildman–Crippen MR) is 58.0 cm³/mol. The summed E-state index contributed by atoms with van der Waals surface area (Å²) in [6.07, 6.45) is 0. The van der Waals surface area contributed by atoms with Crippen molar-refractivity contribution in [2.24, 2.45) is 0 Å². The molecular weight excluding hydrogens is 227 g/mol. The van der Waals surface area contributed by atoms with Crippen LogP contribution in [0.4, 0.5) is 10.3 Å². The van der Waals surface area contributed by atoms with Crippen molar-refractivity contribution in [1.29, 1.82) is 0 Å². The Kier molecular flexibility index (Phi) is 2.55. The number of nitrogen functional groups attached to an aromatic ring is 1. The molecule has 0 aliphatic carbocycles. The number of carboxylic acids is 1. The minimum absolute atomic E-state index is 0.0812. The van der Waals surface area contributed by atoms with Gasteiger partial charge in [0.05, 0.1) is 5.56 Å². The fourth-order valence-corrected chi connectivity index (χ4v) is 1.47. The van der Waals surface area contributed by atoms with Crippen molar-refractivity contribution in [3.8, 4) is 11.3 Å². The van der Waals surface area contributed by atoms with Crippen LogP contribution in [0, 0.1) is 12.7 Å². The number of carbonyl (C=O) groups is 1. The van der Waals surface area contributed by atoms with E-state index >= 15 is 0 Å². The number of nitrogens with two attached hydrogens (primary N) is 1. The fourth-order valence-electron chi connectivity index (χ4n) is 1.47. The lowest BCUT2D eigenvalue weighted by Gasteiger charge is -2.04. The molecule has 0 fully saturated rings. The van der Waals surface area contributed by atoms with Gasteiger partial charge in [0.25, 0.3) is 0 Å². The summed E-state index contributed by atoms with van der Waals surface area (Å²) in [5.74, 6) is -1.72. The molecule has 0 aliphatic rings. The Bertz CT molecular complexity index is 592. The Morgan fingerprint density at radius 2 is 2.18 bits per heavy atom. The molecule has 17 heavy (non-hydrogen) atoms. The van der Waals surface area contributed by atoms with E-state index in [2.05, 4.69) is 9.68 Å². The average Bonchev–Trinajstić information content (AvgIpc) is 2.68. The second-order valence-corrected chi connectivity index (χ2v) is 3.55. The van der Waals surface area contributed by atoms with E-state index in [-0.39, 0.29) is 17.0 Å². The smallest absolute Gasteiger partial charge is 0.336 e. The van der Waals surface area contributed by atoms with E-state index in [1.165, 1.54) is 25.1 Å². The summed E-state index contributed by atoms with van der Waals surface area (Å²) in [7, 11) is 0. The number of anilines is 1. The number of hydrogen-bond acceptors (Lipinski definition) is 4. The molecule has 5 nitrogen and oxygen atoms in total. The minimum Gasteiger partial charge on any atom is -0.478 e. The molecule has 0 saturated heterocycles. The van der Waals surface area contributed by atoms with Gasteiger partial charge in [-0.3, -0.25) is 0 Å². The molecule has 1 aromatic carbocycles. The maximum Gasteiger partial charge on any atom is 0.336 e. The van der Waals surface area contributed by atoms with E-state index in [1.807, 2.05) is 0 Å². The third-order valence-corrected chi connectivity index (χ3v) is 2.40. The van der Waals surface area contributed by atoms with Crippen LogP contribution in [0.2, 0.25) is 0 Å². The van der Waals surface area contributed by atoms with E-state index in [0.29, 0.717) is 11.3 Å². The van der Waals surface area contributed by atoms with Crippen LogP contribution in [0.3, 0.4) is 0 Å². The quantitative estimate of drug-likeness (QED) is 0.833. The first-order chi connectivity index (χ1) is 7.99. The standard InChI is InChI=1S/C11H9FN2O3/c1-5-7(11(15)16)2-6(3-8(5)12)9-4-10(13)17-14-9/h2-4H,13H2,1H3,(H,15,16). The van der Waals surface area contributed by atoms with Crippen LogP contribution in [0.25, 0.3) is 11.3 Å². The number of carboxylic acid groups (broad SMARTS) is 1. The molecule has 1 aromatic heterocycles. The topological polar surface area (TPSA) is 89.4 Å². The van der Waals surface area contributed by atoms with Crippen molar-refractivity contribution in [1.82, 2.24) is 5.16 Å². The minimum atomic E-state index is -1.19. The zero-order chi connectivity index (χ0) is 12.6. The van der Waals surface area contributed by atoms with Crippen molar-refractivity contribution in [3.05, 3.63) is 35.1 Å². The molecule has 0 aliphatic heterocycles. The number of rotatable bonds is 2. The molecule has 0 spiro atoms. The Balaban J connectivity index is 2.60. The van der Waals surface area contributed by atoms with Gasteiger partial charge in [0.2, 0.25) is 5.88 Å². The highest BCUT2D eigenvalue weighted by atomic mass is 19.1. The summed E-state index contributed by atoms with van der Waals surface area (Å²) in [6.45, 7) is 1.40. The monoisotopic (exact) mass is 236 g/mol. The molecule has 0 atom stereocenters. The summed E-state index contributed by atoms with van der Waals surface area (Å²) < 4.78 is 18.2. The maximum absolute atomic E-state index is 13.5. The predicted octanol–water partition coefficient (Wildman–Crippen LogP) is 2.07. The van der Waals surface area contributed by atoms with Gasteiger partial charge >= 0.3 is 5.97 Å². The van der Waals surface area contributed by atoms with Gasteiger partial charge in [0.15, 0.2) is 0 Å². The number of hydrogen-bond donors (Lipinski definition) is 2. The SMILES string of the molecule is Cc1c(F)cc(-c2cc(N)on2)cc1C(=O)O. The second kappa shape index (κ2) is 3.89. The molecule has 0 radical (unpaired) electrons. The Morgan fingerprint density at radius 1 is 1.47 bits per heavy atom. The number of benzene rings is 1. The first kappa shape index (κ1) is 11.1. The lowest BCUT2D eigenvalue weighted by molar-refractivity contribution is 0.0695. The van der Waals surface area contributed by atoms with Gasteiger partial charge in [-0.15, -0.1) is 0 Å². The molecule has 3 N–H and O–H groups in total. The van der Waals surface area contributed by atoms with E-state index in [9.17, 15) is 9.18 Å². The van der Waals surface area contributed by atoms with Gasteiger partial charge < -0.3 is 15.4 Å². The normalized spacial score (nSPS) is 10.5. The van der Waals surface area contributed by atoms with E-state index in [1.54, 1.807) is 0 Å². The van der Waals surface area contributed by atoms with Gasteiger partial charge in [0.1, 0.15) is 11.5 Å². The summed E-state index contributed by atoms with van der Waals surface area (Å²) in [6, 6.07) is 3.92. The Morgan fingerprint density at radius 3 is 2.71 bits per heavy atom. The van der Waals surface area contributed by atoms with Crippen molar-refractivity contribution in [2.45, 2.75) is 6.92 Å². The van der Waals surface area contributed by atoms with Gasteiger partial charge in [-0.1, -0.05) is 5.16 Å². The first-order valence-electron chi connectivity index (χ1n) is 4.75. The molecule has 6 heteroatoms.